The highest BCUT2D eigenvalue weighted by atomic mass is 15.2. The summed E-state index contributed by atoms with van der Waals surface area (Å²) < 4.78 is 1.89. The molecule has 84 valence electrons. The fraction of sp³-hybridized carbons (Fsp3) is 0.500. The van der Waals surface area contributed by atoms with E-state index in [4.69, 9.17) is 0 Å². The third kappa shape index (κ3) is 1.69. The lowest BCUT2D eigenvalue weighted by atomic mass is 9.94. The second-order valence-electron chi connectivity index (χ2n) is 4.52. The van der Waals surface area contributed by atoms with Crippen molar-refractivity contribution in [2.75, 3.05) is 13.1 Å². The van der Waals surface area contributed by atoms with Crippen LogP contribution in [0, 0.1) is 6.92 Å². The first-order valence-corrected chi connectivity index (χ1v) is 5.85. The highest BCUT2D eigenvalue weighted by Gasteiger charge is 2.16. The van der Waals surface area contributed by atoms with Gasteiger partial charge in [0.05, 0.1) is 5.69 Å². The molecule has 0 radical (unpaired) electrons. The number of aryl methyl sites for hydroxylation is 1. The normalized spacial score (nSPS) is 21.4. The molecule has 4 heteroatoms. The van der Waals surface area contributed by atoms with Gasteiger partial charge in [-0.2, -0.15) is 5.10 Å². The van der Waals surface area contributed by atoms with Gasteiger partial charge in [-0.3, -0.25) is 0 Å². The molecule has 1 saturated heterocycles. The maximum Gasteiger partial charge on any atom is 0.155 e. The summed E-state index contributed by atoms with van der Waals surface area (Å²) in [4.78, 5) is 4.45. The molecule has 16 heavy (non-hydrogen) atoms. The summed E-state index contributed by atoms with van der Waals surface area (Å²) in [6, 6.07) is 2.00. The van der Waals surface area contributed by atoms with Crippen LogP contribution in [0.3, 0.4) is 0 Å². The third-order valence-corrected chi connectivity index (χ3v) is 3.22. The Bertz CT molecular complexity index is 497. The van der Waals surface area contributed by atoms with E-state index in [0.29, 0.717) is 5.92 Å². The first kappa shape index (κ1) is 9.78. The lowest BCUT2D eigenvalue weighted by Gasteiger charge is -2.22. The van der Waals surface area contributed by atoms with Gasteiger partial charge < -0.3 is 5.32 Å². The molecular formula is C12H16N4. The molecule has 0 saturated carbocycles. The van der Waals surface area contributed by atoms with E-state index in [-0.39, 0.29) is 0 Å². The van der Waals surface area contributed by atoms with Crippen molar-refractivity contribution in [1.29, 1.82) is 0 Å². The van der Waals surface area contributed by atoms with Gasteiger partial charge in [0.2, 0.25) is 0 Å². The first-order chi connectivity index (χ1) is 7.83. The number of piperidine rings is 1. The van der Waals surface area contributed by atoms with Gasteiger partial charge in [-0.05, 0) is 37.8 Å². The molecule has 1 aliphatic rings. The first-order valence-electron chi connectivity index (χ1n) is 5.85. The van der Waals surface area contributed by atoms with Crippen LogP contribution in [-0.2, 0) is 0 Å². The van der Waals surface area contributed by atoms with Crippen LogP contribution in [0.4, 0.5) is 0 Å². The van der Waals surface area contributed by atoms with Gasteiger partial charge in [0, 0.05) is 25.0 Å². The van der Waals surface area contributed by atoms with E-state index in [1.54, 1.807) is 0 Å². The average Bonchev–Trinajstić information content (AvgIpc) is 2.69. The van der Waals surface area contributed by atoms with Gasteiger partial charge in [0.1, 0.15) is 0 Å². The zero-order valence-electron chi connectivity index (χ0n) is 9.48. The van der Waals surface area contributed by atoms with Gasteiger partial charge in [0.15, 0.2) is 5.65 Å². The molecule has 0 aliphatic carbocycles. The minimum absolute atomic E-state index is 0.593. The maximum absolute atomic E-state index is 4.45. The fourth-order valence-electron chi connectivity index (χ4n) is 2.36. The second-order valence-corrected chi connectivity index (χ2v) is 4.52. The SMILES string of the molecule is Cc1cc2ncc(C3CCCNC3)cn2n1. The van der Waals surface area contributed by atoms with Crippen molar-refractivity contribution in [1.82, 2.24) is 19.9 Å². The number of hydrogen-bond donors (Lipinski definition) is 1. The van der Waals surface area contributed by atoms with Gasteiger partial charge in [-0.25, -0.2) is 9.50 Å². The van der Waals surface area contributed by atoms with Crippen LogP contribution in [0.25, 0.3) is 5.65 Å². The summed E-state index contributed by atoms with van der Waals surface area (Å²) in [7, 11) is 0. The summed E-state index contributed by atoms with van der Waals surface area (Å²) in [6.45, 7) is 4.21. The highest BCUT2D eigenvalue weighted by Crippen LogP contribution is 2.22. The van der Waals surface area contributed by atoms with Crippen molar-refractivity contribution < 1.29 is 0 Å². The summed E-state index contributed by atoms with van der Waals surface area (Å²) in [5.74, 6) is 0.593. The number of nitrogens with one attached hydrogen (secondary N) is 1. The van der Waals surface area contributed by atoms with E-state index < -0.39 is 0 Å². The molecule has 2 aromatic heterocycles. The molecule has 3 heterocycles. The smallest absolute Gasteiger partial charge is 0.155 e. The Balaban J connectivity index is 1.97. The summed E-state index contributed by atoms with van der Waals surface area (Å²) >= 11 is 0. The van der Waals surface area contributed by atoms with Crippen molar-refractivity contribution in [2.24, 2.45) is 0 Å². The van der Waals surface area contributed by atoms with Crippen LogP contribution in [-0.4, -0.2) is 27.7 Å². The van der Waals surface area contributed by atoms with Crippen molar-refractivity contribution in [2.45, 2.75) is 25.7 Å². The lowest BCUT2D eigenvalue weighted by Crippen LogP contribution is -2.28. The molecule has 0 aromatic carbocycles. The Morgan fingerprint density at radius 2 is 2.44 bits per heavy atom. The van der Waals surface area contributed by atoms with E-state index in [9.17, 15) is 0 Å². The molecule has 0 amide bonds. The Labute approximate surface area is 94.7 Å². The Hall–Kier alpha value is -1.42. The summed E-state index contributed by atoms with van der Waals surface area (Å²) in [5, 5.41) is 7.83. The van der Waals surface area contributed by atoms with Crippen LogP contribution >= 0.6 is 0 Å². The number of fused-ring (bicyclic) bond motifs is 1. The van der Waals surface area contributed by atoms with E-state index in [2.05, 4.69) is 21.6 Å². The van der Waals surface area contributed by atoms with E-state index in [1.807, 2.05) is 23.7 Å². The van der Waals surface area contributed by atoms with E-state index in [1.165, 1.54) is 18.4 Å². The largest absolute Gasteiger partial charge is 0.316 e. The Kier molecular flexibility index (Phi) is 2.36. The van der Waals surface area contributed by atoms with Crippen molar-refractivity contribution in [3.05, 3.63) is 29.7 Å². The third-order valence-electron chi connectivity index (χ3n) is 3.22. The number of rotatable bonds is 1. The van der Waals surface area contributed by atoms with E-state index in [0.717, 1.165) is 24.4 Å². The number of aromatic nitrogens is 3. The molecule has 1 unspecified atom stereocenters. The van der Waals surface area contributed by atoms with Crippen LogP contribution < -0.4 is 5.32 Å². The monoisotopic (exact) mass is 216 g/mol. The van der Waals surface area contributed by atoms with Crippen molar-refractivity contribution in [3.8, 4) is 0 Å². The van der Waals surface area contributed by atoms with Crippen molar-refractivity contribution in [3.63, 3.8) is 0 Å². The predicted molar refractivity (Wildman–Crippen MR) is 62.6 cm³/mol. The second kappa shape index (κ2) is 3.87. The Morgan fingerprint density at radius 3 is 3.25 bits per heavy atom. The van der Waals surface area contributed by atoms with Crippen LogP contribution in [0.5, 0.6) is 0 Å². The van der Waals surface area contributed by atoms with Crippen molar-refractivity contribution >= 4 is 5.65 Å². The Morgan fingerprint density at radius 1 is 1.50 bits per heavy atom. The minimum atomic E-state index is 0.593. The average molecular weight is 216 g/mol. The molecule has 0 bridgehead atoms. The zero-order valence-corrected chi connectivity index (χ0v) is 9.48. The fourth-order valence-corrected chi connectivity index (χ4v) is 2.36. The molecule has 0 spiro atoms. The lowest BCUT2D eigenvalue weighted by molar-refractivity contribution is 0.459. The van der Waals surface area contributed by atoms with E-state index >= 15 is 0 Å². The molecule has 1 aliphatic heterocycles. The highest BCUT2D eigenvalue weighted by molar-refractivity contribution is 5.39. The standard InChI is InChI=1S/C12H16N4/c1-9-5-12-14-7-11(8-16(12)15-9)10-3-2-4-13-6-10/h5,7-8,10,13H,2-4,6H2,1H3. The van der Waals surface area contributed by atoms with Crippen LogP contribution in [0.15, 0.2) is 18.5 Å². The molecule has 1 fully saturated rings. The van der Waals surface area contributed by atoms with Gasteiger partial charge in [0.25, 0.3) is 0 Å². The van der Waals surface area contributed by atoms with Gasteiger partial charge in [-0.15, -0.1) is 0 Å². The summed E-state index contributed by atoms with van der Waals surface area (Å²) in [5.41, 5.74) is 3.25. The van der Waals surface area contributed by atoms with Gasteiger partial charge >= 0.3 is 0 Å². The molecule has 1 N–H and O–H groups in total. The predicted octanol–water partition coefficient (Wildman–Crippen LogP) is 1.50. The molecule has 3 rings (SSSR count). The topological polar surface area (TPSA) is 42.2 Å². The zero-order chi connectivity index (χ0) is 11.0. The molecule has 2 aromatic rings. The minimum Gasteiger partial charge on any atom is -0.316 e. The molecule has 1 atom stereocenters. The number of nitrogens with zero attached hydrogens (tertiary/aromatic N) is 3. The quantitative estimate of drug-likeness (QED) is 0.785. The summed E-state index contributed by atoms with van der Waals surface area (Å²) in [6.07, 6.45) is 6.61. The van der Waals surface area contributed by atoms with Crippen LogP contribution in [0.1, 0.15) is 30.0 Å². The maximum atomic E-state index is 4.45. The number of hydrogen-bond acceptors (Lipinski definition) is 3. The molecular weight excluding hydrogens is 200 g/mol. The van der Waals surface area contributed by atoms with Gasteiger partial charge in [-0.1, -0.05) is 0 Å². The molecule has 4 nitrogen and oxygen atoms in total. The van der Waals surface area contributed by atoms with Crippen LogP contribution in [0.2, 0.25) is 0 Å².